The molecule has 0 atom stereocenters. The van der Waals surface area contributed by atoms with Gasteiger partial charge in [0.2, 0.25) is 0 Å². The molecular weight excluding hydrogens is 222 g/mol. The van der Waals surface area contributed by atoms with E-state index in [2.05, 4.69) is 48.2 Å². The second-order valence-electron chi connectivity index (χ2n) is 4.18. The zero-order valence-corrected chi connectivity index (χ0v) is 9.97. The molecule has 0 radical (unpaired) electrons. The number of rotatable bonds is 3. The number of oxime groups is 1. The van der Waals surface area contributed by atoms with Gasteiger partial charge in [0.05, 0.1) is 0 Å². The summed E-state index contributed by atoms with van der Waals surface area (Å²) in [7, 11) is 0. The first kappa shape index (κ1) is 10.8. The van der Waals surface area contributed by atoms with E-state index in [0.29, 0.717) is 6.61 Å². The van der Waals surface area contributed by atoms with Gasteiger partial charge < -0.3 is 4.84 Å². The van der Waals surface area contributed by atoms with Crippen molar-refractivity contribution in [2.24, 2.45) is 5.16 Å². The Morgan fingerprint density at radius 3 is 2.94 bits per heavy atom. The second-order valence-corrected chi connectivity index (χ2v) is 4.18. The van der Waals surface area contributed by atoms with Gasteiger partial charge in [-0.1, -0.05) is 48.2 Å². The zero-order valence-electron chi connectivity index (χ0n) is 9.97. The van der Waals surface area contributed by atoms with Crippen molar-refractivity contribution in [1.82, 2.24) is 0 Å². The topological polar surface area (TPSA) is 21.6 Å². The third-order valence-electron chi connectivity index (χ3n) is 2.96. The lowest BCUT2D eigenvalue weighted by Gasteiger charge is -2.06. The van der Waals surface area contributed by atoms with E-state index in [9.17, 15) is 0 Å². The third kappa shape index (κ3) is 1.82. The number of allylic oxidation sites excluding steroid dienone is 4. The summed E-state index contributed by atoms with van der Waals surface area (Å²) >= 11 is 0. The molecule has 0 unspecified atom stereocenters. The van der Waals surface area contributed by atoms with E-state index in [1.54, 1.807) is 6.08 Å². The van der Waals surface area contributed by atoms with Crippen LogP contribution in [0.15, 0.2) is 65.9 Å². The molecule has 0 N–H and O–H groups in total. The van der Waals surface area contributed by atoms with Crippen molar-refractivity contribution < 1.29 is 4.84 Å². The first-order chi connectivity index (χ1) is 8.88. The minimum atomic E-state index is 0.432. The van der Waals surface area contributed by atoms with E-state index < -0.39 is 0 Å². The van der Waals surface area contributed by atoms with Gasteiger partial charge in [-0.3, -0.25) is 0 Å². The highest BCUT2D eigenvalue weighted by atomic mass is 16.6. The third-order valence-corrected chi connectivity index (χ3v) is 2.96. The van der Waals surface area contributed by atoms with Gasteiger partial charge in [-0.2, -0.15) is 0 Å². The van der Waals surface area contributed by atoms with E-state index in [1.807, 2.05) is 12.2 Å². The number of hydrogen-bond donors (Lipinski definition) is 0. The first-order valence-corrected chi connectivity index (χ1v) is 5.90. The fraction of sp³-hybridized carbons (Fsp3) is 0.0625. The van der Waals surface area contributed by atoms with Gasteiger partial charge in [0, 0.05) is 0 Å². The Hall–Kier alpha value is -2.35. The first-order valence-electron chi connectivity index (χ1n) is 5.90. The molecule has 0 aliphatic heterocycles. The van der Waals surface area contributed by atoms with Crippen LogP contribution in [0.2, 0.25) is 0 Å². The number of benzene rings is 1. The van der Waals surface area contributed by atoms with Crippen LogP contribution in [0, 0.1) is 0 Å². The van der Waals surface area contributed by atoms with Crippen LogP contribution in [-0.2, 0) is 4.84 Å². The van der Waals surface area contributed by atoms with Crippen LogP contribution in [0.3, 0.4) is 0 Å². The van der Waals surface area contributed by atoms with Crippen LogP contribution in [0.1, 0.15) is 0 Å². The minimum Gasteiger partial charge on any atom is -0.391 e. The van der Waals surface area contributed by atoms with Gasteiger partial charge in [-0.05, 0) is 39.8 Å². The molecule has 1 aromatic carbocycles. The van der Waals surface area contributed by atoms with Gasteiger partial charge in [-0.15, -0.1) is 0 Å². The molecule has 0 amide bonds. The molecule has 3 rings (SSSR count). The van der Waals surface area contributed by atoms with Crippen molar-refractivity contribution in [3.05, 3.63) is 71.2 Å². The highest BCUT2D eigenvalue weighted by Crippen LogP contribution is 2.20. The van der Waals surface area contributed by atoms with E-state index in [-0.39, 0.29) is 0 Å². The molecule has 0 aromatic heterocycles. The zero-order chi connectivity index (χ0) is 12.4. The Bertz CT molecular complexity index is 705. The molecule has 18 heavy (non-hydrogen) atoms. The van der Waals surface area contributed by atoms with Gasteiger partial charge in [0.1, 0.15) is 12.3 Å². The number of fused-ring (bicyclic) bond motifs is 2. The van der Waals surface area contributed by atoms with Crippen molar-refractivity contribution in [3.63, 3.8) is 0 Å². The summed E-state index contributed by atoms with van der Waals surface area (Å²) < 4.78 is 0. The largest absolute Gasteiger partial charge is 0.391 e. The summed E-state index contributed by atoms with van der Waals surface area (Å²) in [6, 6.07) is 8.38. The average molecular weight is 235 g/mol. The molecule has 0 heterocycles. The fourth-order valence-electron chi connectivity index (χ4n) is 2.17. The quantitative estimate of drug-likeness (QED) is 0.444. The molecule has 0 saturated carbocycles. The maximum absolute atomic E-state index is 5.10. The Kier molecular flexibility index (Phi) is 2.69. The van der Waals surface area contributed by atoms with E-state index in [0.717, 1.165) is 5.71 Å². The lowest BCUT2D eigenvalue weighted by atomic mass is 10.0. The predicted octanol–water partition coefficient (Wildman–Crippen LogP) is 1.69. The molecule has 2 aliphatic rings. The number of nitrogens with zero attached hydrogens (tertiary/aromatic N) is 1. The van der Waals surface area contributed by atoms with Crippen LogP contribution in [-0.4, -0.2) is 12.3 Å². The summed E-state index contributed by atoms with van der Waals surface area (Å²) in [5.74, 6) is 0. The molecule has 2 heteroatoms. The van der Waals surface area contributed by atoms with Crippen molar-refractivity contribution in [1.29, 1.82) is 0 Å². The average Bonchev–Trinajstić information content (AvgIpc) is 2.76. The highest BCUT2D eigenvalue weighted by Gasteiger charge is 2.12. The fourth-order valence-corrected chi connectivity index (χ4v) is 2.17. The predicted molar refractivity (Wildman–Crippen MR) is 74.4 cm³/mol. The highest BCUT2D eigenvalue weighted by molar-refractivity contribution is 6.12. The van der Waals surface area contributed by atoms with Crippen molar-refractivity contribution in [2.45, 2.75) is 0 Å². The minimum absolute atomic E-state index is 0.432. The lowest BCUT2D eigenvalue weighted by Crippen LogP contribution is -2.21. The summed E-state index contributed by atoms with van der Waals surface area (Å²) in [6.07, 6.45) is 9.96. The summed E-state index contributed by atoms with van der Waals surface area (Å²) in [5.41, 5.74) is 3.28. The molecule has 1 aromatic rings. The van der Waals surface area contributed by atoms with E-state index in [4.69, 9.17) is 4.84 Å². The Balaban J connectivity index is 2.01. The van der Waals surface area contributed by atoms with Crippen LogP contribution in [0.25, 0.3) is 11.6 Å². The molecule has 88 valence electrons. The Morgan fingerprint density at radius 2 is 2.06 bits per heavy atom. The monoisotopic (exact) mass is 235 g/mol. The van der Waals surface area contributed by atoms with Crippen LogP contribution in [0.4, 0.5) is 0 Å². The maximum atomic E-state index is 5.10. The Morgan fingerprint density at radius 1 is 1.17 bits per heavy atom. The van der Waals surface area contributed by atoms with Crippen molar-refractivity contribution in [3.8, 4) is 0 Å². The molecule has 0 spiro atoms. The van der Waals surface area contributed by atoms with Crippen LogP contribution >= 0.6 is 0 Å². The molecule has 2 nitrogen and oxygen atoms in total. The van der Waals surface area contributed by atoms with Gasteiger partial charge >= 0.3 is 0 Å². The van der Waals surface area contributed by atoms with Crippen LogP contribution < -0.4 is 10.4 Å². The van der Waals surface area contributed by atoms with E-state index >= 15 is 0 Å². The smallest absolute Gasteiger partial charge is 0.135 e. The Labute approximate surface area is 106 Å². The van der Waals surface area contributed by atoms with Crippen molar-refractivity contribution >= 4 is 17.4 Å². The molecule has 0 saturated heterocycles. The summed E-state index contributed by atoms with van der Waals surface area (Å²) in [4.78, 5) is 5.10. The van der Waals surface area contributed by atoms with Gasteiger partial charge in [-0.25, -0.2) is 0 Å². The molecule has 2 aliphatic carbocycles. The molecule has 0 bridgehead atoms. The van der Waals surface area contributed by atoms with Gasteiger partial charge in [0.25, 0.3) is 0 Å². The number of hydrogen-bond acceptors (Lipinski definition) is 2. The molecule has 0 fully saturated rings. The summed E-state index contributed by atoms with van der Waals surface area (Å²) in [5, 5.41) is 6.59. The van der Waals surface area contributed by atoms with Crippen LogP contribution in [0.5, 0.6) is 0 Å². The van der Waals surface area contributed by atoms with Crippen molar-refractivity contribution in [2.75, 3.05) is 6.61 Å². The second kappa shape index (κ2) is 4.49. The molecular formula is C16H13NO. The normalized spacial score (nSPS) is 17.9. The standard InChI is InChI=1S/C16H13NO/c1-2-9-18-17-14-7-8-16-13(11-14)10-12-5-3-4-6-15(12)16/h2-8,10-11H,1,9H2. The lowest BCUT2D eigenvalue weighted by molar-refractivity contribution is 0.175. The summed E-state index contributed by atoms with van der Waals surface area (Å²) in [6.45, 7) is 4.02. The SMILES string of the molecule is C=CCON=C1C=CC2=c3ccccc3=CC2=C1. The van der Waals surface area contributed by atoms with Gasteiger partial charge in [0.15, 0.2) is 0 Å². The van der Waals surface area contributed by atoms with E-state index in [1.165, 1.54) is 21.6 Å². The maximum Gasteiger partial charge on any atom is 0.135 e.